The molecule has 3 N–H and O–H groups in total. The van der Waals surface area contributed by atoms with Crippen molar-refractivity contribution in [3.63, 3.8) is 0 Å². The zero-order chi connectivity index (χ0) is 17.2. The van der Waals surface area contributed by atoms with Gasteiger partial charge < -0.3 is 20.3 Å². The molecule has 0 aliphatic carbocycles. The van der Waals surface area contributed by atoms with Crippen LogP contribution in [0, 0.1) is 0 Å². The maximum Gasteiger partial charge on any atom is 0.255 e. The number of nitrogens with one attached hydrogen (secondary N) is 2. The molecule has 0 spiro atoms. The smallest absolute Gasteiger partial charge is 0.255 e. The van der Waals surface area contributed by atoms with Crippen LogP contribution in [0.1, 0.15) is 23.2 Å². The molecule has 3 aromatic rings. The van der Waals surface area contributed by atoms with Crippen LogP contribution in [0.5, 0.6) is 0 Å². The minimum absolute atomic E-state index is 0.124. The molecule has 0 saturated carbocycles. The first-order valence-corrected chi connectivity index (χ1v) is 8.61. The molecule has 2 heterocycles. The van der Waals surface area contributed by atoms with Crippen molar-refractivity contribution < 1.29 is 9.90 Å². The van der Waals surface area contributed by atoms with E-state index in [9.17, 15) is 9.90 Å². The number of hydrogen-bond acceptors (Lipinski definition) is 3. The molecule has 1 amide bonds. The molecule has 1 aliphatic rings. The van der Waals surface area contributed by atoms with Gasteiger partial charge >= 0.3 is 0 Å². The van der Waals surface area contributed by atoms with E-state index >= 15 is 0 Å². The summed E-state index contributed by atoms with van der Waals surface area (Å²) in [5.41, 5.74) is 3.38. The molecule has 1 aromatic heterocycles. The maximum absolute atomic E-state index is 12.7. The van der Waals surface area contributed by atoms with Gasteiger partial charge in [0.2, 0.25) is 0 Å². The number of nitrogens with zero attached hydrogens (tertiary/aromatic N) is 1. The molecule has 25 heavy (non-hydrogen) atoms. The van der Waals surface area contributed by atoms with Gasteiger partial charge in [0, 0.05) is 30.4 Å². The molecule has 0 unspecified atom stereocenters. The topological polar surface area (TPSA) is 68.4 Å². The predicted octanol–water partition coefficient (Wildman–Crippen LogP) is 3.38. The highest BCUT2D eigenvalue weighted by molar-refractivity contribution is 6.07. The van der Waals surface area contributed by atoms with Crippen molar-refractivity contribution in [3.05, 3.63) is 60.3 Å². The van der Waals surface area contributed by atoms with Crippen molar-refractivity contribution in [3.8, 4) is 0 Å². The van der Waals surface area contributed by atoms with Gasteiger partial charge in [-0.1, -0.05) is 18.2 Å². The number of aromatic nitrogens is 1. The molecule has 1 aliphatic heterocycles. The minimum Gasteiger partial charge on any atom is -0.393 e. The van der Waals surface area contributed by atoms with E-state index in [-0.39, 0.29) is 12.0 Å². The lowest BCUT2D eigenvalue weighted by molar-refractivity contribution is 0.102. The minimum atomic E-state index is -0.217. The summed E-state index contributed by atoms with van der Waals surface area (Å²) in [4.78, 5) is 18.0. The molecule has 1 fully saturated rings. The summed E-state index contributed by atoms with van der Waals surface area (Å²) >= 11 is 0. The average Bonchev–Trinajstić information content (AvgIpc) is 3.11. The summed E-state index contributed by atoms with van der Waals surface area (Å²) in [5.74, 6) is -0.124. The SMILES string of the molecule is O=C(Nc1ccccc1N1CCC(O)CC1)c1ccc2cc[nH]c2c1. The molecule has 0 bridgehead atoms. The summed E-state index contributed by atoms with van der Waals surface area (Å²) in [5, 5.41) is 13.8. The fourth-order valence-corrected chi connectivity index (χ4v) is 3.35. The quantitative estimate of drug-likeness (QED) is 0.687. The number of aliphatic hydroxyl groups excluding tert-OH is 1. The number of amides is 1. The highest BCUT2D eigenvalue weighted by atomic mass is 16.3. The van der Waals surface area contributed by atoms with E-state index in [0.29, 0.717) is 5.56 Å². The van der Waals surface area contributed by atoms with Crippen LogP contribution in [-0.4, -0.2) is 35.2 Å². The fourth-order valence-electron chi connectivity index (χ4n) is 3.35. The molecule has 0 atom stereocenters. The van der Waals surface area contributed by atoms with Crippen LogP contribution in [0.4, 0.5) is 11.4 Å². The van der Waals surface area contributed by atoms with Crippen LogP contribution in [0.2, 0.25) is 0 Å². The molecule has 2 aromatic carbocycles. The molecule has 0 radical (unpaired) electrons. The summed E-state index contributed by atoms with van der Waals surface area (Å²) in [6.07, 6.45) is 3.16. The molecule has 4 rings (SSSR count). The first kappa shape index (κ1) is 15.7. The fraction of sp³-hybridized carbons (Fsp3) is 0.250. The van der Waals surface area contributed by atoms with Gasteiger partial charge in [-0.15, -0.1) is 0 Å². The van der Waals surface area contributed by atoms with E-state index in [1.54, 1.807) is 0 Å². The van der Waals surface area contributed by atoms with Gasteiger partial charge in [0.1, 0.15) is 0 Å². The Morgan fingerprint density at radius 3 is 2.76 bits per heavy atom. The summed E-state index contributed by atoms with van der Waals surface area (Å²) in [6, 6.07) is 15.5. The Labute approximate surface area is 146 Å². The monoisotopic (exact) mass is 335 g/mol. The van der Waals surface area contributed by atoms with Gasteiger partial charge in [-0.05, 0) is 48.6 Å². The summed E-state index contributed by atoms with van der Waals surface area (Å²) in [7, 11) is 0. The lowest BCUT2D eigenvalue weighted by Crippen LogP contribution is -2.36. The number of hydrogen-bond donors (Lipinski definition) is 3. The first-order valence-electron chi connectivity index (χ1n) is 8.61. The Bertz CT molecular complexity index is 895. The van der Waals surface area contributed by atoms with Crippen molar-refractivity contribution in [2.75, 3.05) is 23.3 Å². The lowest BCUT2D eigenvalue weighted by atomic mass is 10.1. The number of carbonyl (C=O) groups is 1. The molecule has 1 saturated heterocycles. The van der Waals surface area contributed by atoms with Crippen molar-refractivity contribution >= 4 is 28.2 Å². The van der Waals surface area contributed by atoms with E-state index in [1.807, 2.05) is 54.7 Å². The lowest BCUT2D eigenvalue weighted by Gasteiger charge is -2.32. The van der Waals surface area contributed by atoms with Crippen molar-refractivity contribution in [2.24, 2.45) is 0 Å². The van der Waals surface area contributed by atoms with Gasteiger partial charge in [-0.25, -0.2) is 0 Å². The third kappa shape index (κ3) is 3.23. The first-order chi connectivity index (χ1) is 12.2. The van der Waals surface area contributed by atoms with Crippen LogP contribution >= 0.6 is 0 Å². The summed E-state index contributed by atoms with van der Waals surface area (Å²) in [6.45, 7) is 1.59. The Morgan fingerprint density at radius 1 is 1.12 bits per heavy atom. The highest BCUT2D eigenvalue weighted by Gasteiger charge is 2.20. The standard InChI is InChI=1S/C20H21N3O2/c24-16-8-11-23(12-9-16)19-4-2-1-3-17(19)22-20(25)15-6-5-14-7-10-21-18(14)13-15/h1-7,10,13,16,21,24H,8-9,11-12H2,(H,22,25). The summed E-state index contributed by atoms with van der Waals surface area (Å²) < 4.78 is 0. The molecular formula is C20H21N3O2. The normalized spacial score (nSPS) is 15.5. The van der Waals surface area contributed by atoms with E-state index in [4.69, 9.17) is 0 Å². The number of piperidine rings is 1. The molecule has 5 nitrogen and oxygen atoms in total. The van der Waals surface area contributed by atoms with Gasteiger partial charge in [-0.2, -0.15) is 0 Å². The van der Waals surface area contributed by atoms with Crippen molar-refractivity contribution in [2.45, 2.75) is 18.9 Å². The number of carbonyl (C=O) groups excluding carboxylic acids is 1. The highest BCUT2D eigenvalue weighted by Crippen LogP contribution is 2.29. The van der Waals surface area contributed by atoms with E-state index < -0.39 is 0 Å². The average molecular weight is 335 g/mol. The van der Waals surface area contributed by atoms with Gasteiger partial charge in [0.05, 0.1) is 17.5 Å². The maximum atomic E-state index is 12.7. The second-order valence-corrected chi connectivity index (χ2v) is 6.47. The van der Waals surface area contributed by atoms with Crippen molar-refractivity contribution in [1.29, 1.82) is 0 Å². The largest absolute Gasteiger partial charge is 0.393 e. The Hall–Kier alpha value is -2.79. The second kappa shape index (κ2) is 6.61. The van der Waals surface area contributed by atoms with Crippen LogP contribution in [0.15, 0.2) is 54.7 Å². The zero-order valence-electron chi connectivity index (χ0n) is 13.9. The van der Waals surface area contributed by atoms with Gasteiger partial charge in [0.25, 0.3) is 5.91 Å². The number of aromatic amines is 1. The Kier molecular flexibility index (Phi) is 4.15. The van der Waals surface area contributed by atoms with Crippen LogP contribution in [-0.2, 0) is 0 Å². The van der Waals surface area contributed by atoms with E-state index in [0.717, 1.165) is 48.2 Å². The number of benzene rings is 2. The number of fused-ring (bicyclic) bond motifs is 1. The van der Waals surface area contributed by atoms with E-state index in [1.165, 1.54) is 0 Å². The number of anilines is 2. The van der Waals surface area contributed by atoms with Crippen LogP contribution < -0.4 is 10.2 Å². The number of rotatable bonds is 3. The Morgan fingerprint density at radius 2 is 1.92 bits per heavy atom. The molecule has 5 heteroatoms. The zero-order valence-corrected chi connectivity index (χ0v) is 13.9. The Balaban J connectivity index is 1.56. The number of aliphatic hydroxyl groups is 1. The molecular weight excluding hydrogens is 314 g/mol. The van der Waals surface area contributed by atoms with Gasteiger partial charge in [-0.3, -0.25) is 4.79 Å². The second-order valence-electron chi connectivity index (χ2n) is 6.47. The van der Waals surface area contributed by atoms with Crippen LogP contribution in [0.25, 0.3) is 10.9 Å². The third-order valence-electron chi connectivity index (χ3n) is 4.77. The van der Waals surface area contributed by atoms with Crippen molar-refractivity contribution in [1.82, 2.24) is 4.98 Å². The number of H-pyrrole nitrogens is 1. The van der Waals surface area contributed by atoms with Crippen LogP contribution in [0.3, 0.4) is 0 Å². The van der Waals surface area contributed by atoms with Gasteiger partial charge in [0.15, 0.2) is 0 Å². The van der Waals surface area contributed by atoms with E-state index in [2.05, 4.69) is 15.2 Å². The number of para-hydroxylation sites is 2. The molecule has 128 valence electrons. The third-order valence-corrected chi connectivity index (χ3v) is 4.77. The predicted molar refractivity (Wildman–Crippen MR) is 100 cm³/mol.